The molecule has 3 rings (SSSR count). The maximum Gasteiger partial charge on any atom is 0.263 e. The van der Waals surface area contributed by atoms with Gasteiger partial charge in [0.05, 0.1) is 4.91 Å². The molecule has 23 heavy (non-hydrogen) atoms. The van der Waals surface area contributed by atoms with Crippen LogP contribution in [0.5, 0.6) is 11.5 Å². The van der Waals surface area contributed by atoms with E-state index >= 15 is 0 Å². The number of ether oxygens (including phenoxy) is 1. The molecular formula is C16H9Cl2NO2S2. The van der Waals surface area contributed by atoms with E-state index in [4.69, 9.17) is 40.2 Å². The van der Waals surface area contributed by atoms with Gasteiger partial charge in [-0.2, -0.15) is 0 Å². The van der Waals surface area contributed by atoms with Crippen molar-refractivity contribution in [3.05, 3.63) is 63.0 Å². The molecule has 0 atom stereocenters. The Labute approximate surface area is 152 Å². The Hall–Kier alpha value is -1.53. The molecule has 2 aromatic rings. The van der Waals surface area contributed by atoms with Crippen molar-refractivity contribution in [3.8, 4) is 11.5 Å². The largest absolute Gasteiger partial charge is 0.457 e. The maximum absolute atomic E-state index is 11.7. The zero-order chi connectivity index (χ0) is 16.4. The van der Waals surface area contributed by atoms with Gasteiger partial charge in [-0.3, -0.25) is 4.79 Å². The second-order valence-electron chi connectivity index (χ2n) is 4.63. The van der Waals surface area contributed by atoms with Crippen molar-refractivity contribution >= 4 is 63.5 Å². The van der Waals surface area contributed by atoms with Crippen LogP contribution in [0.2, 0.25) is 10.0 Å². The summed E-state index contributed by atoms with van der Waals surface area (Å²) < 4.78 is 6.22. The van der Waals surface area contributed by atoms with Crippen molar-refractivity contribution in [1.82, 2.24) is 5.32 Å². The predicted octanol–water partition coefficient (Wildman–Crippen LogP) is 5.27. The summed E-state index contributed by atoms with van der Waals surface area (Å²) >= 11 is 18.1. The number of hydrogen-bond donors (Lipinski definition) is 1. The molecule has 0 saturated carbocycles. The number of hydrogen-bond acceptors (Lipinski definition) is 4. The minimum Gasteiger partial charge on any atom is -0.457 e. The normalized spacial score (nSPS) is 15.8. The van der Waals surface area contributed by atoms with E-state index in [0.29, 0.717) is 30.8 Å². The molecule has 1 aliphatic rings. The second-order valence-corrected chi connectivity index (χ2v) is 7.22. The van der Waals surface area contributed by atoms with Gasteiger partial charge in [0.15, 0.2) is 0 Å². The quantitative estimate of drug-likeness (QED) is 0.580. The highest BCUT2D eigenvalue weighted by molar-refractivity contribution is 8.26. The molecule has 7 heteroatoms. The number of carbonyl (C=O) groups excluding carboxylic acids is 1. The predicted molar refractivity (Wildman–Crippen MR) is 99.3 cm³/mol. The van der Waals surface area contributed by atoms with E-state index in [9.17, 15) is 4.79 Å². The minimum atomic E-state index is -0.187. The van der Waals surface area contributed by atoms with Gasteiger partial charge in [-0.25, -0.2) is 0 Å². The second kappa shape index (κ2) is 6.93. The fourth-order valence-electron chi connectivity index (χ4n) is 1.96. The molecule has 0 aliphatic carbocycles. The first-order chi connectivity index (χ1) is 11.0. The van der Waals surface area contributed by atoms with Crippen LogP contribution in [0.3, 0.4) is 0 Å². The van der Waals surface area contributed by atoms with E-state index < -0.39 is 0 Å². The lowest BCUT2D eigenvalue weighted by molar-refractivity contribution is -0.115. The van der Waals surface area contributed by atoms with Gasteiger partial charge >= 0.3 is 0 Å². The molecule has 1 heterocycles. The van der Waals surface area contributed by atoms with E-state index in [1.807, 2.05) is 24.3 Å². The molecule has 1 aliphatic heterocycles. The zero-order valence-electron chi connectivity index (χ0n) is 11.5. The summed E-state index contributed by atoms with van der Waals surface area (Å²) in [6, 6.07) is 12.3. The highest BCUT2D eigenvalue weighted by atomic mass is 35.5. The first-order valence-electron chi connectivity index (χ1n) is 6.48. The molecule has 0 radical (unpaired) electrons. The average molecular weight is 382 g/mol. The van der Waals surface area contributed by atoms with Crippen molar-refractivity contribution < 1.29 is 9.53 Å². The lowest BCUT2D eigenvalue weighted by atomic mass is 10.2. The third kappa shape index (κ3) is 4.26. The highest BCUT2D eigenvalue weighted by Crippen LogP contribution is 2.30. The SMILES string of the molecule is O=C1NC(=S)S/C1=C/c1cccc(Oc2cc(Cl)cc(Cl)c2)c1. The highest BCUT2D eigenvalue weighted by Gasteiger charge is 2.21. The van der Waals surface area contributed by atoms with Crippen LogP contribution in [0.1, 0.15) is 5.56 Å². The molecule has 0 spiro atoms. The van der Waals surface area contributed by atoms with Gasteiger partial charge in [0.1, 0.15) is 15.8 Å². The van der Waals surface area contributed by atoms with Crippen LogP contribution in [0.15, 0.2) is 47.4 Å². The van der Waals surface area contributed by atoms with Crippen molar-refractivity contribution in [2.45, 2.75) is 0 Å². The number of nitrogens with one attached hydrogen (secondary N) is 1. The summed E-state index contributed by atoms with van der Waals surface area (Å²) in [6.45, 7) is 0. The maximum atomic E-state index is 11.7. The first-order valence-corrected chi connectivity index (χ1v) is 8.46. The van der Waals surface area contributed by atoms with E-state index in [1.54, 1.807) is 24.3 Å². The Bertz CT molecular complexity index is 816. The minimum absolute atomic E-state index is 0.187. The van der Waals surface area contributed by atoms with Crippen LogP contribution in [0, 0.1) is 0 Å². The molecule has 0 bridgehead atoms. The van der Waals surface area contributed by atoms with Crippen molar-refractivity contribution in [1.29, 1.82) is 0 Å². The number of amides is 1. The summed E-state index contributed by atoms with van der Waals surface area (Å²) in [5, 5.41) is 3.58. The summed E-state index contributed by atoms with van der Waals surface area (Å²) in [7, 11) is 0. The van der Waals surface area contributed by atoms with Crippen LogP contribution in [-0.2, 0) is 4.79 Å². The molecule has 1 saturated heterocycles. The van der Waals surface area contributed by atoms with Crippen LogP contribution in [0.4, 0.5) is 0 Å². The molecular weight excluding hydrogens is 373 g/mol. The van der Waals surface area contributed by atoms with Crippen LogP contribution in [0.25, 0.3) is 6.08 Å². The van der Waals surface area contributed by atoms with Crippen LogP contribution in [-0.4, -0.2) is 10.2 Å². The molecule has 3 nitrogen and oxygen atoms in total. The summed E-state index contributed by atoms with van der Waals surface area (Å²) in [5.74, 6) is 0.970. The van der Waals surface area contributed by atoms with Gasteiger partial charge in [-0.05, 0) is 42.0 Å². The number of thioether (sulfide) groups is 1. The lowest BCUT2D eigenvalue weighted by Crippen LogP contribution is -2.17. The molecule has 1 N–H and O–H groups in total. The molecule has 1 fully saturated rings. The van der Waals surface area contributed by atoms with Crippen LogP contribution < -0.4 is 10.1 Å². The van der Waals surface area contributed by atoms with Gasteiger partial charge in [0, 0.05) is 10.0 Å². The van der Waals surface area contributed by atoms with Crippen LogP contribution >= 0.6 is 47.2 Å². The number of thiocarbonyl (C=S) groups is 1. The smallest absolute Gasteiger partial charge is 0.263 e. The molecule has 2 aromatic carbocycles. The van der Waals surface area contributed by atoms with Gasteiger partial charge in [-0.1, -0.05) is 59.3 Å². The average Bonchev–Trinajstić information content (AvgIpc) is 2.76. The number of carbonyl (C=O) groups is 1. The van der Waals surface area contributed by atoms with Crippen molar-refractivity contribution in [2.75, 3.05) is 0 Å². The van der Waals surface area contributed by atoms with Gasteiger partial charge in [0.25, 0.3) is 5.91 Å². The summed E-state index contributed by atoms with van der Waals surface area (Å²) in [5.41, 5.74) is 0.831. The van der Waals surface area contributed by atoms with Crippen molar-refractivity contribution in [3.63, 3.8) is 0 Å². The van der Waals surface area contributed by atoms with E-state index in [2.05, 4.69) is 5.32 Å². The fourth-order valence-corrected chi connectivity index (χ4v) is 3.51. The number of halogens is 2. The summed E-state index contributed by atoms with van der Waals surface area (Å²) in [6.07, 6.45) is 1.76. The van der Waals surface area contributed by atoms with Gasteiger partial charge in [0.2, 0.25) is 0 Å². The Balaban J connectivity index is 1.84. The number of rotatable bonds is 3. The Morgan fingerprint density at radius 1 is 1.09 bits per heavy atom. The third-order valence-electron chi connectivity index (χ3n) is 2.87. The monoisotopic (exact) mass is 381 g/mol. The fraction of sp³-hybridized carbons (Fsp3) is 0. The molecule has 1 amide bonds. The Morgan fingerprint density at radius 2 is 1.83 bits per heavy atom. The van der Waals surface area contributed by atoms with E-state index in [1.165, 1.54) is 11.8 Å². The molecule has 116 valence electrons. The molecule has 0 aromatic heterocycles. The Kier molecular flexibility index (Phi) is 4.92. The van der Waals surface area contributed by atoms with Crippen molar-refractivity contribution in [2.24, 2.45) is 0 Å². The lowest BCUT2D eigenvalue weighted by Gasteiger charge is -2.07. The van der Waals surface area contributed by atoms with E-state index in [0.717, 1.165) is 5.56 Å². The van der Waals surface area contributed by atoms with Gasteiger partial charge in [-0.15, -0.1) is 0 Å². The standard InChI is InChI=1S/C16H9Cl2NO2S2/c17-10-6-11(18)8-13(7-10)21-12-3-1-2-9(4-12)5-14-15(20)19-16(22)23-14/h1-8H,(H,19,20,22)/b14-5+. The molecule has 0 unspecified atom stereocenters. The number of benzene rings is 2. The van der Waals surface area contributed by atoms with E-state index in [-0.39, 0.29) is 5.91 Å². The van der Waals surface area contributed by atoms with Gasteiger partial charge < -0.3 is 10.1 Å². The Morgan fingerprint density at radius 3 is 2.48 bits per heavy atom. The summed E-state index contributed by atoms with van der Waals surface area (Å²) in [4.78, 5) is 12.2. The zero-order valence-corrected chi connectivity index (χ0v) is 14.7. The topological polar surface area (TPSA) is 38.3 Å². The third-order valence-corrected chi connectivity index (χ3v) is 4.47. The first kappa shape index (κ1) is 16.3.